The first-order valence-corrected chi connectivity index (χ1v) is 8.60. The summed E-state index contributed by atoms with van der Waals surface area (Å²) < 4.78 is 5.78. The van der Waals surface area contributed by atoms with E-state index in [1.807, 2.05) is 33.0 Å². The molecule has 4 nitrogen and oxygen atoms in total. The van der Waals surface area contributed by atoms with Crippen molar-refractivity contribution < 1.29 is 4.74 Å². The number of hydrogen-bond donors (Lipinski definition) is 0. The average molecular weight is 305 g/mol. The zero-order chi connectivity index (χ0) is 16.0. The lowest BCUT2D eigenvalue weighted by atomic mass is 10.2. The topological polar surface area (TPSA) is 28.6 Å². The van der Waals surface area contributed by atoms with Crippen LogP contribution in [0.5, 0.6) is 5.88 Å². The molecule has 0 radical (unpaired) electrons. The SMILES string of the molecule is CCCCCN1CCN(c2ccc(OC(C)(C)C)nc2)CC1. The summed E-state index contributed by atoms with van der Waals surface area (Å²) in [5.74, 6) is 0.703. The summed E-state index contributed by atoms with van der Waals surface area (Å²) in [5.41, 5.74) is 1.01. The van der Waals surface area contributed by atoms with Crippen LogP contribution in [0.1, 0.15) is 47.0 Å². The lowest BCUT2D eigenvalue weighted by Crippen LogP contribution is -2.46. The van der Waals surface area contributed by atoms with E-state index in [0.717, 1.165) is 26.2 Å². The van der Waals surface area contributed by atoms with E-state index in [-0.39, 0.29) is 5.60 Å². The van der Waals surface area contributed by atoms with Crippen molar-refractivity contribution in [2.45, 2.75) is 52.6 Å². The van der Waals surface area contributed by atoms with Crippen molar-refractivity contribution in [2.24, 2.45) is 0 Å². The number of hydrogen-bond acceptors (Lipinski definition) is 4. The van der Waals surface area contributed by atoms with Gasteiger partial charge in [0.2, 0.25) is 5.88 Å². The van der Waals surface area contributed by atoms with Gasteiger partial charge in [0.25, 0.3) is 0 Å². The normalized spacial score (nSPS) is 16.8. The number of nitrogens with zero attached hydrogens (tertiary/aromatic N) is 3. The van der Waals surface area contributed by atoms with Gasteiger partial charge in [-0.2, -0.15) is 0 Å². The summed E-state index contributed by atoms with van der Waals surface area (Å²) >= 11 is 0. The molecule has 0 aromatic carbocycles. The Morgan fingerprint density at radius 2 is 1.82 bits per heavy atom. The zero-order valence-electron chi connectivity index (χ0n) is 14.6. The van der Waals surface area contributed by atoms with Crippen molar-refractivity contribution in [3.05, 3.63) is 18.3 Å². The van der Waals surface area contributed by atoms with Crippen LogP contribution in [0.25, 0.3) is 0 Å². The second kappa shape index (κ2) is 7.82. The molecule has 0 amide bonds. The molecule has 1 saturated heterocycles. The minimum absolute atomic E-state index is 0.196. The minimum Gasteiger partial charge on any atom is -0.472 e. The smallest absolute Gasteiger partial charge is 0.213 e. The van der Waals surface area contributed by atoms with Crippen molar-refractivity contribution in [3.63, 3.8) is 0 Å². The summed E-state index contributed by atoms with van der Waals surface area (Å²) in [6.07, 6.45) is 5.92. The average Bonchev–Trinajstić information content (AvgIpc) is 2.48. The molecular weight excluding hydrogens is 274 g/mol. The third-order valence-corrected chi connectivity index (χ3v) is 3.95. The molecule has 1 aromatic rings. The highest BCUT2D eigenvalue weighted by Gasteiger charge is 2.18. The maximum absolute atomic E-state index is 5.78. The van der Waals surface area contributed by atoms with E-state index in [0.29, 0.717) is 5.88 Å². The fourth-order valence-corrected chi connectivity index (χ4v) is 2.75. The molecule has 124 valence electrons. The highest BCUT2D eigenvalue weighted by atomic mass is 16.5. The Hall–Kier alpha value is -1.29. The first-order valence-electron chi connectivity index (χ1n) is 8.60. The van der Waals surface area contributed by atoms with E-state index in [1.165, 1.54) is 31.5 Å². The summed E-state index contributed by atoms with van der Waals surface area (Å²) in [4.78, 5) is 9.44. The highest BCUT2D eigenvalue weighted by molar-refractivity contribution is 5.45. The Morgan fingerprint density at radius 1 is 1.09 bits per heavy atom. The minimum atomic E-state index is -0.196. The molecule has 1 aliphatic heterocycles. The van der Waals surface area contributed by atoms with Gasteiger partial charge >= 0.3 is 0 Å². The Bertz CT molecular complexity index is 431. The second-order valence-corrected chi connectivity index (χ2v) is 7.10. The number of piperazine rings is 1. The van der Waals surface area contributed by atoms with Gasteiger partial charge in [-0.1, -0.05) is 19.8 Å². The van der Waals surface area contributed by atoms with Crippen LogP contribution in [0.3, 0.4) is 0 Å². The number of ether oxygens (including phenoxy) is 1. The Morgan fingerprint density at radius 3 is 2.36 bits per heavy atom. The third-order valence-electron chi connectivity index (χ3n) is 3.95. The van der Waals surface area contributed by atoms with Gasteiger partial charge in [0.15, 0.2) is 0 Å². The fourth-order valence-electron chi connectivity index (χ4n) is 2.75. The van der Waals surface area contributed by atoms with E-state index < -0.39 is 0 Å². The maximum Gasteiger partial charge on any atom is 0.213 e. The number of anilines is 1. The van der Waals surface area contributed by atoms with Crippen molar-refractivity contribution in [3.8, 4) is 5.88 Å². The first-order chi connectivity index (χ1) is 10.5. The third kappa shape index (κ3) is 5.48. The van der Waals surface area contributed by atoms with Crippen LogP contribution in [-0.2, 0) is 0 Å². The molecular formula is C18H31N3O. The molecule has 0 N–H and O–H groups in total. The summed E-state index contributed by atoms with van der Waals surface area (Å²) in [5, 5.41) is 0. The van der Waals surface area contributed by atoms with Crippen LogP contribution in [0.4, 0.5) is 5.69 Å². The van der Waals surface area contributed by atoms with Gasteiger partial charge < -0.3 is 9.64 Å². The molecule has 0 atom stereocenters. The fraction of sp³-hybridized carbons (Fsp3) is 0.722. The number of rotatable bonds is 6. The molecule has 22 heavy (non-hydrogen) atoms. The molecule has 0 unspecified atom stereocenters. The van der Waals surface area contributed by atoms with Crippen LogP contribution >= 0.6 is 0 Å². The molecule has 1 aliphatic rings. The maximum atomic E-state index is 5.78. The van der Waals surface area contributed by atoms with Crippen molar-refractivity contribution >= 4 is 5.69 Å². The molecule has 0 saturated carbocycles. The van der Waals surface area contributed by atoms with Crippen molar-refractivity contribution in [1.82, 2.24) is 9.88 Å². The van der Waals surface area contributed by atoms with Gasteiger partial charge in [-0.15, -0.1) is 0 Å². The molecule has 2 heterocycles. The first kappa shape index (κ1) is 17.1. The molecule has 0 aliphatic carbocycles. The van der Waals surface area contributed by atoms with Crippen LogP contribution in [-0.4, -0.2) is 48.2 Å². The predicted molar refractivity (Wildman–Crippen MR) is 92.8 cm³/mol. The number of unbranched alkanes of at least 4 members (excludes halogenated alkanes) is 2. The van der Waals surface area contributed by atoms with E-state index in [9.17, 15) is 0 Å². The lowest BCUT2D eigenvalue weighted by molar-refractivity contribution is 0.124. The molecule has 0 spiro atoms. The van der Waals surface area contributed by atoms with E-state index in [1.54, 1.807) is 0 Å². The van der Waals surface area contributed by atoms with Crippen molar-refractivity contribution in [1.29, 1.82) is 0 Å². The van der Waals surface area contributed by atoms with E-state index in [2.05, 4.69) is 27.8 Å². The molecule has 1 fully saturated rings. The number of aromatic nitrogens is 1. The van der Waals surface area contributed by atoms with Gasteiger partial charge in [-0.3, -0.25) is 4.90 Å². The summed E-state index contributed by atoms with van der Waals surface area (Å²) in [6.45, 7) is 14.1. The van der Waals surface area contributed by atoms with Gasteiger partial charge in [0.1, 0.15) is 5.60 Å². The Kier molecular flexibility index (Phi) is 6.07. The molecule has 0 bridgehead atoms. The summed E-state index contributed by atoms with van der Waals surface area (Å²) in [6, 6.07) is 4.11. The van der Waals surface area contributed by atoms with E-state index >= 15 is 0 Å². The highest BCUT2D eigenvalue weighted by Crippen LogP contribution is 2.20. The molecule has 1 aromatic heterocycles. The quantitative estimate of drug-likeness (QED) is 0.751. The largest absolute Gasteiger partial charge is 0.472 e. The van der Waals surface area contributed by atoms with E-state index in [4.69, 9.17) is 4.74 Å². The van der Waals surface area contributed by atoms with Gasteiger partial charge in [-0.25, -0.2) is 4.98 Å². The standard InChI is InChI=1S/C18H31N3O/c1-5-6-7-10-20-11-13-21(14-12-20)16-8-9-17(19-15-16)22-18(2,3)4/h8-9,15H,5-7,10-14H2,1-4H3. The Balaban J connectivity index is 1.81. The van der Waals surface area contributed by atoms with Crippen LogP contribution < -0.4 is 9.64 Å². The van der Waals surface area contributed by atoms with Gasteiger partial charge in [0, 0.05) is 32.2 Å². The second-order valence-electron chi connectivity index (χ2n) is 7.10. The van der Waals surface area contributed by atoms with Crippen LogP contribution in [0.15, 0.2) is 18.3 Å². The monoisotopic (exact) mass is 305 g/mol. The molecule has 2 rings (SSSR count). The molecule has 4 heteroatoms. The Labute approximate surface area is 135 Å². The summed E-state index contributed by atoms with van der Waals surface area (Å²) in [7, 11) is 0. The lowest BCUT2D eigenvalue weighted by Gasteiger charge is -2.36. The van der Waals surface area contributed by atoms with Crippen LogP contribution in [0, 0.1) is 0 Å². The van der Waals surface area contributed by atoms with Gasteiger partial charge in [-0.05, 0) is 39.8 Å². The van der Waals surface area contributed by atoms with Crippen molar-refractivity contribution in [2.75, 3.05) is 37.6 Å². The van der Waals surface area contributed by atoms with Gasteiger partial charge in [0.05, 0.1) is 11.9 Å². The zero-order valence-corrected chi connectivity index (χ0v) is 14.6. The predicted octanol–water partition coefficient (Wildman–Crippen LogP) is 3.57. The van der Waals surface area contributed by atoms with Crippen LogP contribution in [0.2, 0.25) is 0 Å². The number of pyridine rings is 1.